The standard InChI is InChI=1S/C18H24N4O2S.F6P/c1-19-18(25)22(14-16-6-4-3-5-7-16)9-8-17(23)24-13-12-21-11-10-20(2)15-21;1-7(2,3,4,5)6/h3-7,10-11,15H,8-9,12-14H2,1-2H3;/q;-1/p+1. The van der Waals surface area contributed by atoms with Gasteiger partial charge >= 0.3 is 39.0 Å². The van der Waals surface area contributed by atoms with E-state index in [2.05, 4.69) is 5.32 Å². The Balaban J connectivity index is 0.000000633. The molecule has 0 aliphatic heterocycles. The van der Waals surface area contributed by atoms with E-state index in [4.69, 9.17) is 17.0 Å². The quantitative estimate of drug-likeness (QED) is 0.186. The van der Waals surface area contributed by atoms with E-state index < -0.39 is 7.81 Å². The normalized spacial score (nSPS) is 13.1. The number of hydrogen-bond donors (Lipinski definition) is 1. The van der Waals surface area contributed by atoms with E-state index in [1.165, 1.54) is 0 Å². The Morgan fingerprint density at radius 2 is 1.78 bits per heavy atom. The van der Waals surface area contributed by atoms with Gasteiger partial charge in [-0.2, -0.15) is 0 Å². The van der Waals surface area contributed by atoms with Crippen LogP contribution in [0.25, 0.3) is 0 Å². The van der Waals surface area contributed by atoms with E-state index >= 15 is 0 Å². The fraction of sp³-hybridized carbons (Fsp3) is 0.389. The van der Waals surface area contributed by atoms with Crippen molar-refractivity contribution in [3.63, 3.8) is 0 Å². The van der Waals surface area contributed by atoms with Gasteiger partial charge in [-0.25, -0.2) is 9.13 Å². The van der Waals surface area contributed by atoms with Crippen LogP contribution >= 0.6 is 20.0 Å². The second-order valence-electron chi connectivity index (χ2n) is 6.71. The molecular formula is C18H25F6N4O2PS. The summed E-state index contributed by atoms with van der Waals surface area (Å²) in [6.45, 7) is 2.19. The van der Waals surface area contributed by atoms with Crippen LogP contribution in [0.2, 0.25) is 0 Å². The van der Waals surface area contributed by atoms with Gasteiger partial charge in [0.2, 0.25) is 6.33 Å². The number of hydrogen-bond acceptors (Lipinski definition) is 3. The van der Waals surface area contributed by atoms with Crippen LogP contribution in [0.5, 0.6) is 0 Å². The molecule has 1 heterocycles. The molecule has 0 bridgehead atoms. The van der Waals surface area contributed by atoms with Crippen LogP contribution in [-0.2, 0) is 29.7 Å². The fourth-order valence-electron chi connectivity index (χ4n) is 2.41. The number of esters is 1. The van der Waals surface area contributed by atoms with Crippen molar-refractivity contribution >= 4 is 31.1 Å². The first-order valence-electron chi connectivity index (χ1n) is 9.27. The van der Waals surface area contributed by atoms with Crippen LogP contribution in [0, 0.1) is 0 Å². The average Bonchev–Trinajstić information content (AvgIpc) is 3.08. The van der Waals surface area contributed by atoms with Crippen molar-refractivity contribution in [2.75, 3.05) is 20.2 Å². The second-order valence-corrected chi connectivity index (χ2v) is 9.01. The van der Waals surface area contributed by atoms with Crippen molar-refractivity contribution in [2.24, 2.45) is 7.05 Å². The van der Waals surface area contributed by atoms with E-state index in [0.717, 1.165) is 5.56 Å². The second kappa shape index (κ2) is 10.5. The number of ether oxygens (including phenoxy) is 1. The van der Waals surface area contributed by atoms with E-state index in [1.807, 2.05) is 70.1 Å². The van der Waals surface area contributed by atoms with Gasteiger partial charge < -0.3 is 15.0 Å². The van der Waals surface area contributed by atoms with Crippen LogP contribution < -0.4 is 9.88 Å². The first-order valence-corrected chi connectivity index (χ1v) is 11.7. The molecule has 6 nitrogen and oxygen atoms in total. The first-order chi connectivity index (χ1) is 14.5. The fourth-order valence-corrected chi connectivity index (χ4v) is 2.57. The number of carbonyl (C=O) groups is 1. The zero-order valence-corrected chi connectivity index (χ0v) is 19.1. The van der Waals surface area contributed by atoms with Gasteiger partial charge in [0.25, 0.3) is 0 Å². The summed E-state index contributed by atoms with van der Waals surface area (Å²) in [6.07, 6.45) is 6.14. The SMILES string of the molecule is CNC(=S)N(CCC(=O)OCCn1cc[n+](C)c1)Cc1ccccc1.F[P-](F)(F)(F)(F)F. The van der Waals surface area contributed by atoms with Crippen molar-refractivity contribution in [1.82, 2.24) is 14.8 Å². The molecular weight excluding hydrogens is 481 g/mol. The van der Waals surface area contributed by atoms with Crippen molar-refractivity contribution in [1.29, 1.82) is 0 Å². The first kappa shape index (κ1) is 27.6. The van der Waals surface area contributed by atoms with Gasteiger partial charge in [-0.1, -0.05) is 30.3 Å². The van der Waals surface area contributed by atoms with Gasteiger partial charge in [-0.3, -0.25) is 4.79 Å². The Kier molecular flexibility index (Phi) is 9.05. The molecule has 0 amide bonds. The number of rotatable bonds is 8. The van der Waals surface area contributed by atoms with Crippen molar-refractivity contribution < 1.29 is 39.3 Å². The van der Waals surface area contributed by atoms with Crippen LogP contribution in [-0.4, -0.2) is 40.7 Å². The number of thiocarbonyl (C=S) groups is 1. The summed E-state index contributed by atoms with van der Waals surface area (Å²) >= 11 is 5.34. The Morgan fingerprint density at radius 3 is 2.28 bits per heavy atom. The van der Waals surface area contributed by atoms with E-state index in [9.17, 15) is 30.0 Å². The van der Waals surface area contributed by atoms with Crippen LogP contribution in [0.3, 0.4) is 0 Å². The third-order valence-corrected chi connectivity index (χ3v) is 4.20. The Hall–Kier alpha value is -2.40. The van der Waals surface area contributed by atoms with Crippen LogP contribution in [0.15, 0.2) is 49.1 Å². The molecule has 2 aromatic rings. The number of halogens is 6. The van der Waals surface area contributed by atoms with Crippen LogP contribution in [0.1, 0.15) is 12.0 Å². The van der Waals surface area contributed by atoms with Gasteiger partial charge in [-0.15, -0.1) is 0 Å². The summed E-state index contributed by atoms with van der Waals surface area (Å²) in [6, 6.07) is 10.0. The van der Waals surface area contributed by atoms with Crippen molar-refractivity contribution in [3.05, 3.63) is 54.6 Å². The summed E-state index contributed by atoms with van der Waals surface area (Å²) in [7, 11) is -6.92. The maximum absolute atomic E-state index is 12.0. The molecule has 1 aromatic heterocycles. The third-order valence-electron chi connectivity index (χ3n) is 3.74. The Labute approximate surface area is 187 Å². The average molecular weight is 506 g/mol. The summed E-state index contributed by atoms with van der Waals surface area (Å²) in [5.41, 5.74) is 1.15. The van der Waals surface area contributed by atoms with Gasteiger partial charge in [0, 0.05) is 20.1 Å². The van der Waals surface area contributed by atoms with E-state index in [1.54, 1.807) is 7.05 Å². The number of nitrogens with zero attached hydrogens (tertiary/aromatic N) is 3. The molecule has 182 valence electrons. The molecule has 0 unspecified atom stereocenters. The molecule has 1 N–H and O–H groups in total. The maximum atomic E-state index is 12.0. The summed E-state index contributed by atoms with van der Waals surface area (Å²) in [5.74, 6) is -0.214. The number of aromatic nitrogens is 2. The predicted molar refractivity (Wildman–Crippen MR) is 113 cm³/mol. The number of aryl methyl sites for hydroxylation is 1. The number of nitrogens with one attached hydrogen (secondary N) is 1. The monoisotopic (exact) mass is 506 g/mol. The Morgan fingerprint density at radius 1 is 1.19 bits per heavy atom. The van der Waals surface area contributed by atoms with E-state index in [0.29, 0.717) is 37.8 Å². The van der Waals surface area contributed by atoms with Gasteiger partial charge in [0.05, 0.1) is 13.5 Å². The van der Waals surface area contributed by atoms with Crippen molar-refractivity contribution in [3.8, 4) is 0 Å². The predicted octanol–water partition coefficient (Wildman–Crippen LogP) is 4.63. The molecule has 0 radical (unpaired) electrons. The van der Waals surface area contributed by atoms with Gasteiger partial charge in [0.1, 0.15) is 25.5 Å². The molecule has 14 heteroatoms. The van der Waals surface area contributed by atoms with Crippen molar-refractivity contribution in [2.45, 2.75) is 19.5 Å². The summed E-state index contributed by atoms with van der Waals surface area (Å²) < 4.78 is 68.4. The minimum atomic E-state index is -10.7. The van der Waals surface area contributed by atoms with E-state index in [-0.39, 0.29) is 5.97 Å². The molecule has 2 rings (SSSR count). The summed E-state index contributed by atoms with van der Waals surface area (Å²) in [4.78, 5) is 13.9. The molecule has 0 spiro atoms. The molecule has 0 saturated carbocycles. The van der Waals surface area contributed by atoms with Crippen LogP contribution in [0.4, 0.5) is 25.2 Å². The molecule has 32 heavy (non-hydrogen) atoms. The molecule has 0 aliphatic rings. The van der Waals surface area contributed by atoms with Gasteiger partial charge in [0.15, 0.2) is 5.11 Å². The number of imidazole rings is 1. The third kappa shape index (κ3) is 15.4. The minimum absolute atomic E-state index is 0.214. The number of benzene rings is 1. The molecule has 0 fully saturated rings. The zero-order valence-electron chi connectivity index (χ0n) is 17.4. The molecule has 0 aliphatic carbocycles. The molecule has 1 aromatic carbocycles. The summed E-state index contributed by atoms with van der Waals surface area (Å²) in [5, 5.41) is 3.60. The zero-order chi connectivity index (χ0) is 24.5. The van der Waals surface area contributed by atoms with Gasteiger partial charge in [-0.05, 0) is 17.8 Å². The molecule has 0 saturated heterocycles. The number of carbonyl (C=O) groups excluding carboxylic acids is 1. The molecule has 0 atom stereocenters. The topological polar surface area (TPSA) is 50.4 Å². The Bertz CT molecular complexity index is 883.